The second kappa shape index (κ2) is 9.31. The number of hydrogen-bond donors (Lipinski definition) is 2. The quantitative estimate of drug-likeness (QED) is 0.689. The van der Waals surface area contributed by atoms with Crippen molar-refractivity contribution >= 4 is 21.6 Å². The summed E-state index contributed by atoms with van der Waals surface area (Å²) in [5, 5.41) is 3.07. The van der Waals surface area contributed by atoms with Crippen molar-refractivity contribution in [3.63, 3.8) is 0 Å². The van der Waals surface area contributed by atoms with Crippen LogP contribution in [0.1, 0.15) is 54.4 Å². The summed E-state index contributed by atoms with van der Waals surface area (Å²) in [6.45, 7) is 1.71. The molecule has 1 amide bonds. The van der Waals surface area contributed by atoms with Crippen LogP contribution in [-0.4, -0.2) is 27.5 Å². The van der Waals surface area contributed by atoms with Crippen molar-refractivity contribution in [1.29, 1.82) is 0 Å². The van der Waals surface area contributed by atoms with E-state index >= 15 is 0 Å². The van der Waals surface area contributed by atoms with Gasteiger partial charge in [-0.2, -0.15) is 0 Å². The van der Waals surface area contributed by atoms with E-state index in [0.717, 1.165) is 25.7 Å². The summed E-state index contributed by atoms with van der Waals surface area (Å²) in [6.07, 6.45) is 6.57. The maximum atomic E-state index is 13.0. The maximum Gasteiger partial charge on any atom is 0.262 e. The molecule has 1 aliphatic carbocycles. The van der Waals surface area contributed by atoms with Gasteiger partial charge in [0.1, 0.15) is 5.75 Å². The molecule has 0 aliphatic heterocycles. The van der Waals surface area contributed by atoms with E-state index in [9.17, 15) is 13.2 Å². The van der Waals surface area contributed by atoms with Crippen molar-refractivity contribution in [3.05, 3.63) is 53.6 Å². The van der Waals surface area contributed by atoms with E-state index in [1.165, 1.54) is 26.0 Å². The number of sulfonamides is 1. The molecule has 0 unspecified atom stereocenters. The summed E-state index contributed by atoms with van der Waals surface area (Å²) < 4.78 is 33.8. The SMILES string of the molecule is COc1ccccc1NS(=O)(=O)c1cc(C(=O)NC2CCCCCC2)ccc1C. The Morgan fingerprint density at radius 2 is 1.72 bits per heavy atom. The van der Waals surface area contributed by atoms with Crippen LogP contribution in [0, 0.1) is 6.92 Å². The van der Waals surface area contributed by atoms with E-state index in [0.29, 0.717) is 22.6 Å². The van der Waals surface area contributed by atoms with Crippen molar-refractivity contribution in [2.75, 3.05) is 11.8 Å². The Morgan fingerprint density at radius 3 is 2.41 bits per heavy atom. The van der Waals surface area contributed by atoms with Gasteiger partial charge in [0.05, 0.1) is 17.7 Å². The van der Waals surface area contributed by atoms with Gasteiger partial charge in [0.2, 0.25) is 0 Å². The highest BCUT2D eigenvalue weighted by molar-refractivity contribution is 7.92. The fourth-order valence-electron chi connectivity index (χ4n) is 3.65. The van der Waals surface area contributed by atoms with E-state index in [-0.39, 0.29) is 16.8 Å². The predicted molar refractivity (Wildman–Crippen MR) is 114 cm³/mol. The van der Waals surface area contributed by atoms with Gasteiger partial charge in [0.25, 0.3) is 15.9 Å². The van der Waals surface area contributed by atoms with E-state index in [4.69, 9.17) is 4.74 Å². The van der Waals surface area contributed by atoms with Gasteiger partial charge >= 0.3 is 0 Å². The Bertz CT molecular complexity index is 965. The number of carbonyl (C=O) groups is 1. The fourth-order valence-corrected chi connectivity index (χ4v) is 4.99. The number of aryl methyl sites for hydroxylation is 1. The zero-order chi connectivity index (χ0) is 20.9. The van der Waals surface area contributed by atoms with Crippen LogP contribution in [0.4, 0.5) is 5.69 Å². The first-order valence-electron chi connectivity index (χ1n) is 9.98. The molecule has 0 aromatic heterocycles. The average Bonchev–Trinajstić information content (AvgIpc) is 2.97. The van der Waals surface area contributed by atoms with Gasteiger partial charge in [-0.1, -0.05) is 43.9 Å². The Kier molecular flexibility index (Phi) is 6.79. The molecule has 0 saturated heterocycles. The highest BCUT2D eigenvalue weighted by Gasteiger charge is 2.22. The highest BCUT2D eigenvalue weighted by Crippen LogP contribution is 2.27. The predicted octanol–water partition coefficient (Wildman–Crippen LogP) is 4.26. The normalized spacial score (nSPS) is 15.4. The summed E-state index contributed by atoms with van der Waals surface area (Å²) in [5.74, 6) is 0.196. The molecule has 0 spiro atoms. The molecule has 156 valence electrons. The molecule has 1 aliphatic rings. The molecular weight excluding hydrogens is 388 g/mol. The van der Waals surface area contributed by atoms with Crippen LogP contribution in [0.2, 0.25) is 0 Å². The van der Waals surface area contributed by atoms with Crippen molar-refractivity contribution in [1.82, 2.24) is 5.32 Å². The first kappa shape index (κ1) is 21.2. The number of methoxy groups -OCH3 is 1. The van der Waals surface area contributed by atoms with Crippen LogP contribution in [0.25, 0.3) is 0 Å². The molecule has 2 aromatic carbocycles. The number of carbonyl (C=O) groups excluding carboxylic acids is 1. The molecule has 3 rings (SSSR count). The molecule has 1 fully saturated rings. The van der Waals surface area contributed by atoms with E-state index in [1.807, 2.05) is 0 Å². The topological polar surface area (TPSA) is 84.5 Å². The minimum Gasteiger partial charge on any atom is -0.495 e. The highest BCUT2D eigenvalue weighted by atomic mass is 32.2. The molecule has 6 nitrogen and oxygen atoms in total. The number of anilines is 1. The van der Waals surface area contributed by atoms with Gasteiger partial charge in [-0.25, -0.2) is 8.42 Å². The first-order chi connectivity index (χ1) is 13.9. The van der Waals surface area contributed by atoms with E-state index < -0.39 is 10.0 Å². The molecule has 7 heteroatoms. The number of amides is 1. The Balaban J connectivity index is 1.83. The smallest absolute Gasteiger partial charge is 0.262 e. The number of hydrogen-bond acceptors (Lipinski definition) is 4. The van der Waals surface area contributed by atoms with Crippen LogP contribution >= 0.6 is 0 Å². The Labute approximate surface area is 172 Å². The van der Waals surface area contributed by atoms with Crippen molar-refractivity contribution in [2.45, 2.75) is 56.4 Å². The van der Waals surface area contributed by atoms with Crippen LogP contribution < -0.4 is 14.8 Å². The lowest BCUT2D eigenvalue weighted by atomic mass is 10.1. The molecule has 2 aromatic rings. The van der Waals surface area contributed by atoms with Gasteiger partial charge in [0.15, 0.2) is 0 Å². The monoisotopic (exact) mass is 416 g/mol. The van der Waals surface area contributed by atoms with Gasteiger partial charge in [0, 0.05) is 11.6 Å². The van der Waals surface area contributed by atoms with Crippen LogP contribution in [-0.2, 0) is 10.0 Å². The van der Waals surface area contributed by atoms with Gasteiger partial charge < -0.3 is 10.1 Å². The third-order valence-electron chi connectivity index (χ3n) is 5.28. The van der Waals surface area contributed by atoms with Crippen molar-refractivity contribution < 1.29 is 17.9 Å². The second-order valence-electron chi connectivity index (χ2n) is 7.45. The van der Waals surface area contributed by atoms with Crippen molar-refractivity contribution in [3.8, 4) is 5.75 Å². The number of benzene rings is 2. The Hall–Kier alpha value is -2.54. The molecule has 0 radical (unpaired) electrons. The summed E-state index contributed by atoms with van der Waals surface area (Å²) >= 11 is 0. The molecular formula is C22H28N2O4S. The molecule has 0 bridgehead atoms. The second-order valence-corrected chi connectivity index (χ2v) is 9.10. The number of ether oxygens (including phenoxy) is 1. The van der Waals surface area contributed by atoms with Crippen LogP contribution in [0.3, 0.4) is 0 Å². The molecule has 0 heterocycles. The minimum absolute atomic E-state index is 0.0805. The molecule has 1 saturated carbocycles. The lowest BCUT2D eigenvalue weighted by Gasteiger charge is -2.17. The summed E-state index contributed by atoms with van der Waals surface area (Å²) in [7, 11) is -2.40. The van der Waals surface area contributed by atoms with Gasteiger partial charge in [-0.3, -0.25) is 9.52 Å². The number of nitrogens with one attached hydrogen (secondary N) is 2. The van der Waals surface area contributed by atoms with Crippen LogP contribution in [0.5, 0.6) is 5.75 Å². The molecule has 0 atom stereocenters. The van der Waals surface area contributed by atoms with E-state index in [2.05, 4.69) is 10.0 Å². The first-order valence-corrected chi connectivity index (χ1v) is 11.5. The van der Waals surface area contributed by atoms with Gasteiger partial charge in [-0.05, 0) is 49.6 Å². The minimum atomic E-state index is -3.88. The third-order valence-corrected chi connectivity index (χ3v) is 6.79. The third kappa shape index (κ3) is 5.29. The molecule has 29 heavy (non-hydrogen) atoms. The average molecular weight is 417 g/mol. The summed E-state index contributed by atoms with van der Waals surface area (Å²) in [5.41, 5.74) is 1.27. The summed E-state index contributed by atoms with van der Waals surface area (Å²) in [4.78, 5) is 12.8. The lowest BCUT2D eigenvalue weighted by Crippen LogP contribution is -2.34. The van der Waals surface area contributed by atoms with Crippen LogP contribution in [0.15, 0.2) is 47.4 Å². The molecule has 2 N–H and O–H groups in total. The standard InChI is InChI=1S/C22H28N2O4S/c1-16-13-14-17(22(25)23-18-9-5-3-4-6-10-18)15-21(16)29(26,27)24-19-11-7-8-12-20(19)28-2/h7-8,11-15,18,24H,3-6,9-10H2,1-2H3,(H,23,25). The zero-order valence-corrected chi connectivity index (χ0v) is 17.7. The van der Waals surface area contributed by atoms with E-state index in [1.54, 1.807) is 43.3 Å². The number of rotatable bonds is 6. The fraction of sp³-hybridized carbons (Fsp3) is 0.409. The maximum absolute atomic E-state index is 13.0. The Morgan fingerprint density at radius 1 is 1.03 bits per heavy atom. The zero-order valence-electron chi connectivity index (χ0n) is 16.9. The summed E-state index contributed by atoms with van der Waals surface area (Å²) in [6, 6.07) is 11.7. The largest absolute Gasteiger partial charge is 0.495 e. The number of para-hydroxylation sites is 2. The lowest BCUT2D eigenvalue weighted by molar-refractivity contribution is 0.0933. The van der Waals surface area contributed by atoms with Crippen molar-refractivity contribution in [2.24, 2.45) is 0 Å². The van der Waals surface area contributed by atoms with Gasteiger partial charge in [-0.15, -0.1) is 0 Å².